The third kappa shape index (κ3) is 4.76. The Balaban J connectivity index is 1.66. The number of amides is 1. The molecule has 1 amide bonds. The molecule has 0 bridgehead atoms. The van der Waals surface area contributed by atoms with E-state index in [4.69, 9.17) is 4.42 Å². The van der Waals surface area contributed by atoms with Crippen LogP contribution in [0.4, 0.5) is 0 Å². The molecule has 1 aromatic carbocycles. The monoisotopic (exact) mass is 354 g/mol. The second-order valence-corrected chi connectivity index (χ2v) is 7.28. The SMILES string of the molecule is CCCN1CC(C(=O)NCc2ccco2)CC(c2ccc(CC)cc2)C1. The van der Waals surface area contributed by atoms with Crippen LogP contribution in [0.15, 0.2) is 47.1 Å². The summed E-state index contributed by atoms with van der Waals surface area (Å²) in [6, 6.07) is 12.7. The van der Waals surface area contributed by atoms with E-state index in [0.29, 0.717) is 12.5 Å². The fourth-order valence-electron chi connectivity index (χ4n) is 3.88. The Hall–Kier alpha value is -2.07. The standard InChI is InChI=1S/C22H30N2O2/c1-3-11-24-15-19(18-9-7-17(4-2)8-10-18)13-20(16-24)22(25)23-14-21-6-5-12-26-21/h5-10,12,19-20H,3-4,11,13-16H2,1-2H3,(H,23,25). The summed E-state index contributed by atoms with van der Waals surface area (Å²) < 4.78 is 5.32. The molecule has 0 saturated carbocycles. The highest BCUT2D eigenvalue weighted by molar-refractivity contribution is 5.79. The zero-order valence-corrected chi connectivity index (χ0v) is 15.9. The van der Waals surface area contributed by atoms with Gasteiger partial charge in [0.1, 0.15) is 5.76 Å². The van der Waals surface area contributed by atoms with Crippen molar-refractivity contribution >= 4 is 5.91 Å². The van der Waals surface area contributed by atoms with Crippen LogP contribution in [-0.4, -0.2) is 30.4 Å². The van der Waals surface area contributed by atoms with Gasteiger partial charge in [-0.3, -0.25) is 4.79 Å². The normalized spacial score (nSPS) is 20.8. The first kappa shape index (κ1) is 18.7. The molecule has 4 nitrogen and oxygen atoms in total. The molecule has 1 fully saturated rings. The molecule has 140 valence electrons. The van der Waals surface area contributed by atoms with Crippen LogP contribution in [0.25, 0.3) is 0 Å². The van der Waals surface area contributed by atoms with Gasteiger partial charge in [-0.1, -0.05) is 38.1 Å². The van der Waals surface area contributed by atoms with Gasteiger partial charge < -0.3 is 14.6 Å². The van der Waals surface area contributed by atoms with Gasteiger partial charge in [0.25, 0.3) is 0 Å². The number of furan rings is 1. The van der Waals surface area contributed by atoms with Crippen molar-refractivity contribution in [3.05, 3.63) is 59.5 Å². The summed E-state index contributed by atoms with van der Waals surface area (Å²) in [6.45, 7) is 7.78. The van der Waals surface area contributed by atoms with Crippen LogP contribution in [0.1, 0.15) is 49.5 Å². The van der Waals surface area contributed by atoms with E-state index in [1.165, 1.54) is 11.1 Å². The average molecular weight is 354 g/mol. The third-order valence-corrected chi connectivity index (χ3v) is 5.31. The summed E-state index contributed by atoms with van der Waals surface area (Å²) in [7, 11) is 0. The second kappa shape index (κ2) is 9.04. The van der Waals surface area contributed by atoms with Crippen LogP contribution < -0.4 is 5.32 Å². The van der Waals surface area contributed by atoms with Crippen LogP contribution in [0, 0.1) is 5.92 Å². The molecule has 2 aromatic rings. The van der Waals surface area contributed by atoms with Gasteiger partial charge in [0.2, 0.25) is 5.91 Å². The minimum Gasteiger partial charge on any atom is -0.467 e. The Morgan fingerprint density at radius 3 is 2.65 bits per heavy atom. The van der Waals surface area contributed by atoms with Crippen molar-refractivity contribution in [3.8, 4) is 0 Å². The lowest BCUT2D eigenvalue weighted by Crippen LogP contribution is -2.45. The molecule has 2 heterocycles. The largest absolute Gasteiger partial charge is 0.467 e. The van der Waals surface area contributed by atoms with Crippen LogP contribution in [-0.2, 0) is 17.8 Å². The summed E-state index contributed by atoms with van der Waals surface area (Å²) in [6.07, 6.45) is 4.73. The first-order chi connectivity index (χ1) is 12.7. The quantitative estimate of drug-likeness (QED) is 0.818. The van der Waals surface area contributed by atoms with E-state index >= 15 is 0 Å². The number of nitrogens with zero attached hydrogens (tertiary/aromatic N) is 1. The minimum absolute atomic E-state index is 0.0288. The zero-order valence-electron chi connectivity index (χ0n) is 15.9. The first-order valence-electron chi connectivity index (χ1n) is 9.80. The Morgan fingerprint density at radius 2 is 2.00 bits per heavy atom. The van der Waals surface area contributed by atoms with E-state index in [1.807, 2.05) is 12.1 Å². The summed E-state index contributed by atoms with van der Waals surface area (Å²) >= 11 is 0. The number of carbonyl (C=O) groups excluding carboxylic acids is 1. The lowest BCUT2D eigenvalue weighted by atomic mass is 9.83. The molecular weight excluding hydrogens is 324 g/mol. The van der Waals surface area contributed by atoms with E-state index in [0.717, 1.165) is 44.7 Å². The molecule has 1 aliphatic heterocycles. The molecule has 1 aliphatic rings. The molecular formula is C22H30N2O2. The number of hydrogen-bond donors (Lipinski definition) is 1. The number of hydrogen-bond acceptors (Lipinski definition) is 3. The van der Waals surface area contributed by atoms with Crippen molar-refractivity contribution in [2.75, 3.05) is 19.6 Å². The van der Waals surface area contributed by atoms with E-state index < -0.39 is 0 Å². The minimum atomic E-state index is 0.0288. The predicted octanol–water partition coefficient (Wildman–Crippen LogP) is 3.97. The molecule has 0 spiro atoms. The molecule has 4 heteroatoms. The average Bonchev–Trinajstić information content (AvgIpc) is 3.20. The van der Waals surface area contributed by atoms with Crippen LogP contribution in [0.3, 0.4) is 0 Å². The summed E-state index contributed by atoms with van der Waals surface area (Å²) in [5.74, 6) is 1.38. The lowest BCUT2D eigenvalue weighted by molar-refractivity contribution is -0.127. The summed E-state index contributed by atoms with van der Waals surface area (Å²) in [4.78, 5) is 15.2. The Labute approximate surface area is 156 Å². The Kier molecular flexibility index (Phi) is 6.51. The van der Waals surface area contributed by atoms with Gasteiger partial charge in [0, 0.05) is 13.1 Å². The van der Waals surface area contributed by atoms with E-state index in [2.05, 4.69) is 48.3 Å². The number of carbonyl (C=O) groups is 1. The topological polar surface area (TPSA) is 45.5 Å². The fourth-order valence-corrected chi connectivity index (χ4v) is 3.88. The van der Waals surface area contributed by atoms with Crippen molar-refractivity contribution < 1.29 is 9.21 Å². The van der Waals surface area contributed by atoms with Gasteiger partial charge in [-0.05, 0) is 55.0 Å². The van der Waals surface area contributed by atoms with Crippen molar-refractivity contribution in [2.24, 2.45) is 5.92 Å². The number of piperidine rings is 1. The highest BCUT2D eigenvalue weighted by Gasteiger charge is 2.32. The van der Waals surface area contributed by atoms with Crippen LogP contribution >= 0.6 is 0 Å². The second-order valence-electron chi connectivity index (χ2n) is 7.28. The van der Waals surface area contributed by atoms with Gasteiger partial charge in [-0.2, -0.15) is 0 Å². The smallest absolute Gasteiger partial charge is 0.224 e. The predicted molar refractivity (Wildman–Crippen MR) is 104 cm³/mol. The van der Waals surface area contributed by atoms with Crippen LogP contribution in [0.5, 0.6) is 0 Å². The van der Waals surface area contributed by atoms with Crippen LogP contribution in [0.2, 0.25) is 0 Å². The summed E-state index contributed by atoms with van der Waals surface area (Å²) in [5.41, 5.74) is 2.72. The molecule has 2 atom stereocenters. The molecule has 26 heavy (non-hydrogen) atoms. The van der Waals surface area contributed by atoms with Crippen molar-refractivity contribution in [3.63, 3.8) is 0 Å². The molecule has 1 N–H and O–H groups in total. The maximum atomic E-state index is 12.7. The molecule has 3 rings (SSSR count). The molecule has 1 saturated heterocycles. The van der Waals surface area contributed by atoms with Gasteiger partial charge in [0.05, 0.1) is 18.7 Å². The van der Waals surface area contributed by atoms with E-state index in [1.54, 1.807) is 6.26 Å². The van der Waals surface area contributed by atoms with E-state index in [-0.39, 0.29) is 11.8 Å². The Bertz CT molecular complexity index is 679. The van der Waals surface area contributed by atoms with Gasteiger partial charge in [-0.15, -0.1) is 0 Å². The van der Waals surface area contributed by atoms with Crippen molar-refractivity contribution in [2.45, 2.75) is 45.6 Å². The fraction of sp³-hybridized carbons (Fsp3) is 0.500. The number of nitrogens with one attached hydrogen (secondary N) is 1. The maximum Gasteiger partial charge on any atom is 0.224 e. The third-order valence-electron chi connectivity index (χ3n) is 5.31. The number of likely N-dealkylation sites (tertiary alicyclic amines) is 1. The highest BCUT2D eigenvalue weighted by atomic mass is 16.3. The first-order valence-corrected chi connectivity index (χ1v) is 9.80. The number of aryl methyl sites for hydroxylation is 1. The maximum absolute atomic E-state index is 12.7. The van der Waals surface area contributed by atoms with Crippen molar-refractivity contribution in [1.29, 1.82) is 0 Å². The molecule has 0 radical (unpaired) electrons. The van der Waals surface area contributed by atoms with Gasteiger partial charge in [-0.25, -0.2) is 0 Å². The lowest BCUT2D eigenvalue weighted by Gasteiger charge is -2.37. The number of rotatable bonds is 7. The number of benzene rings is 1. The van der Waals surface area contributed by atoms with Gasteiger partial charge in [0.15, 0.2) is 0 Å². The van der Waals surface area contributed by atoms with Gasteiger partial charge >= 0.3 is 0 Å². The molecule has 0 aliphatic carbocycles. The molecule has 1 aromatic heterocycles. The van der Waals surface area contributed by atoms with Crippen molar-refractivity contribution in [1.82, 2.24) is 10.2 Å². The zero-order chi connectivity index (χ0) is 18.4. The molecule has 2 unspecified atom stereocenters. The Morgan fingerprint density at radius 1 is 1.19 bits per heavy atom. The summed E-state index contributed by atoms with van der Waals surface area (Å²) in [5, 5.41) is 3.05. The highest BCUT2D eigenvalue weighted by Crippen LogP contribution is 2.31. The van der Waals surface area contributed by atoms with E-state index in [9.17, 15) is 4.79 Å².